The largest absolute Gasteiger partial charge is 0.387 e. The quantitative estimate of drug-likeness (QED) is 0.858. The summed E-state index contributed by atoms with van der Waals surface area (Å²) in [6.45, 7) is 4.99. The number of aliphatic hydroxyl groups excluding tert-OH is 1. The average Bonchev–Trinajstić information content (AvgIpc) is 2.84. The van der Waals surface area contributed by atoms with Crippen LogP contribution in [0.1, 0.15) is 35.6 Å². The van der Waals surface area contributed by atoms with E-state index in [0.717, 1.165) is 24.3 Å². The molecule has 1 aromatic rings. The molecule has 1 aliphatic heterocycles. The van der Waals surface area contributed by atoms with Gasteiger partial charge in [0.25, 0.3) is 0 Å². The third-order valence-corrected chi connectivity index (χ3v) is 4.19. The lowest BCUT2D eigenvalue weighted by atomic mass is 9.92. The molecule has 0 bridgehead atoms. The summed E-state index contributed by atoms with van der Waals surface area (Å²) < 4.78 is 5.61. The molecule has 3 atom stereocenters. The molecule has 0 saturated carbocycles. The molecule has 1 fully saturated rings. The summed E-state index contributed by atoms with van der Waals surface area (Å²) in [5, 5.41) is 10.3. The second-order valence-electron chi connectivity index (χ2n) is 4.16. The van der Waals surface area contributed by atoms with Gasteiger partial charge in [-0.15, -0.1) is 11.3 Å². The maximum Gasteiger partial charge on any atom is 0.0935 e. The van der Waals surface area contributed by atoms with Gasteiger partial charge >= 0.3 is 0 Å². The highest BCUT2D eigenvalue weighted by Gasteiger charge is 2.33. The van der Waals surface area contributed by atoms with Crippen LogP contribution in [-0.4, -0.2) is 17.8 Å². The van der Waals surface area contributed by atoms with E-state index < -0.39 is 0 Å². The van der Waals surface area contributed by atoms with E-state index >= 15 is 0 Å². The summed E-state index contributed by atoms with van der Waals surface area (Å²) in [5.74, 6) is 0.285. The first-order valence-electron chi connectivity index (χ1n) is 5.58. The first-order valence-corrected chi connectivity index (χ1v) is 6.40. The highest BCUT2D eigenvalue weighted by Crippen LogP contribution is 2.37. The number of rotatable bonds is 3. The van der Waals surface area contributed by atoms with Crippen molar-refractivity contribution in [3.8, 4) is 0 Å². The molecule has 1 aliphatic rings. The molecule has 0 aliphatic carbocycles. The van der Waals surface area contributed by atoms with Crippen LogP contribution in [0, 0.1) is 12.8 Å². The average molecular weight is 226 g/mol. The molecule has 0 aromatic carbocycles. The summed E-state index contributed by atoms with van der Waals surface area (Å²) >= 11 is 1.69. The zero-order valence-electron chi connectivity index (χ0n) is 9.27. The van der Waals surface area contributed by atoms with Gasteiger partial charge in [0.15, 0.2) is 0 Å². The lowest BCUT2D eigenvalue weighted by molar-refractivity contribution is 0.0322. The van der Waals surface area contributed by atoms with Gasteiger partial charge in [0.1, 0.15) is 0 Å². The van der Waals surface area contributed by atoms with Crippen LogP contribution in [0.25, 0.3) is 0 Å². The minimum absolute atomic E-state index is 0.238. The van der Waals surface area contributed by atoms with E-state index in [1.54, 1.807) is 11.3 Å². The highest BCUT2D eigenvalue weighted by molar-refractivity contribution is 7.12. The molecule has 1 aromatic heterocycles. The number of ether oxygens (including phenoxy) is 1. The van der Waals surface area contributed by atoms with Crippen LogP contribution >= 0.6 is 11.3 Å². The smallest absolute Gasteiger partial charge is 0.0935 e. The monoisotopic (exact) mass is 226 g/mol. The standard InChI is InChI=1S/C12H18O2S/c1-3-10-9(6-7-14-10)12(13)11-5-4-8(2)15-11/h4-5,9-10,12-13H,3,6-7H2,1-2H3. The van der Waals surface area contributed by atoms with E-state index in [0.29, 0.717) is 0 Å². The third-order valence-electron chi connectivity index (χ3n) is 3.12. The van der Waals surface area contributed by atoms with Crippen molar-refractivity contribution < 1.29 is 9.84 Å². The maximum absolute atomic E-state index is 10.3. The summed E-state index contributed by atoms with van der Waals surface area (Å²) in [4.78, 5) is 2.34. The van der Waals surface area contributed by atoms with E-state index in [1.807, 2.05) is 6.07 Å². The predicted molar refractivity (Wildman–Crippen MR) is 62.2 cm³/mol. The molecular formula is C12H18O2S. The minimum atomic E-state index is -0.337. The number of thiophene rings is 1. The number of hydrogen-bond donors (Lipinski definition) is 1. The normalized spacial score (nSPS) is 28.2. The van der Waals surface area contributed by atoms with Crippen LogP contribution in [0.2, 0.25) is 0 Å². The van der Waals surface area contributed by atoms with Crippen molar-refractivity contribution >= 4 is 11.3 Å². The Hall–Kier alpha value is -0.380. The van der Waals surface area contributed by atoms with Crippen LogP contribution in [0.3, 0.4) is 0 Å². The molecular weight excluding hydrogens is 208 g/mol. The summed E-state index contributed by atoms with van der Waals surface area (Å²) in [6, 6.07) is 4.11. The van der Waals surface area contributed by atoms with E-state index in [-0.39, 0.29) is 18.1 Å². The SMILES string of the molecule is CCC1OCCC1C(O)c1ccc(C)s1. The predicted octanol–water partition coefficient (Wildman–Crippen LogP) is 2.91. The Balaban J connectivity index is 2.10. The Morgan fingerprint density at radius 1 is 1.60 bits per heavy atom. The Kier molecular flexibility index (Phi) is 3.44. The molecule has 84 valence electrons. The molecule has 1 saturated heterocycles. The van der Waals surface area contributed by atoms with Crippen molar-refractivity contribution in [2.75, 3.05) is 6.61 Å². The molecule has 2 rings (SSSR count). The van der Waals surface area contributed by atoms with E-state index in [1.165, 1.54) is 4.88 Å². The third kappa shape index (κ3) is 2.25. The van der Waals surface area contributed by atoms with Gasteiger partial charge in [0, 0.05) is 22.3 Å². The van der Waals surface area contributed by atoms with Crippen molar-refractivity contribution in [1.29, 1.82) is 0 Å². The van der Waals surface area contributed by atoms with Crippen LogP contribution in [-0.2, 0) is 4.74 Å². The number of aryl methyl sites for hydroxylation is 1. The second-order valence-corrected chi connectivity index (χ2v) is 5.48. The molecule has 3 unspecified atom stereocenters. The van der Waals surface area contributed by atoms with Crippen LogP contribution in [0.4, 0.5) is 0 Å². The Bertz CT molecular complexity index is 321. The van der Waals surface area contributed by atoms with Gasteiger partial charge in [-0.3, -0.25) is 0 Å². The molecule has 3 heteroatoms. The van der Waals surface area contributed by atoms with Crippen LogP contribution in [0.5, 0.6) is 0 Å². The van der Waals surface area contributed by atoms with Gasteiger partial charge in [-0.1, -0.05) is 6.92 Å². The Morgan fingerprint density at radius 2 is 2.40 bits per heavy atom. The van der Waals surface area contributed by atoms with Gasteiger partial charge in [-0.05, 0) is 31.9 Å². The van der Waals surface area contributed by atoms with Gasteiger partial charge < -0.3 is 9.84 Å². The van der Waals surface area contributed by atoms with Crippen LogP contribution < -0.4 is 0 Å². The zero-order chi connectivity index (χ0) is 10.8. The van der Waals surface area contributed by atoms with Gasteiger partial charge in [-0.2, -0.15) is 0 Å². The summed E-state index contributed by atoms with van der Waals surface area (Å²) in [7, 11) is 0. The minimum Gasteiger partial charge on any atom is -0.387 e. The molecule has 0 amide bonds. The van der Waals surface area contributed by atoms with Gasteiger partial charge in [-0.25, -0.2) is 0 Å². The Labute approximate surface area is 94.9 Å². The van der Waals surface area contributed by atoms with Crippen molar-refractivity contribution in [3.05, 3.63) is 21.9 Å². The fourth-order valence-electron chi connectivity index (χ4n) is 2.27. The second kappa shape index (κ2) is 4.64. The Morgan fingerprint density at radius 3 is 3.00 bits per heavy atom. The van der Waals surface area contributed by atoms with Crippen molar-refractivity contribution in [3.63, 3.8) is 0 Å². The van der Waals surface area contributed by atoms with Crippen molar-refractivity contribution in [2.45, 2.75) is 38.9 Å². The van der Waals surface area contributed by atoms with E-state index in [9.17, 15) is 5.11 Å². The molecule has 2 heterocycles. The molecule has 0 spiro atoms. The van der Waals surface area contributed by atoms with E-state index in [4.69, 9.17) is 4.74 Å². The first kappa shape index (κ1) is 11.1. The number of aliphatic hydroxyl groups is 1. The van der Waals surface area contributed by atoms with Crippen molar-refractivity contribution in [2.24, 2.45) is 5.92 Å². The first-order chi connectivity index (χ1) is 7.22. The molecule has 2 nitrogen and oxygen atoms in total. The fraction of sp³-hybridized carbons (Fsp3) is 0.667. The lowest BCUT2D eigenvalue weighted by Gasteiger charge is -2.21. The number of hydrogen-bond acceptors (Lipinski definition) is 3. The van der Waals surface area contributed by atoms with Crippen molar-refractivity contribution in [1.82, 2.24) is 0 Å². The molecule has 1 N–H and O–H groups in total. The van der Waals surface area contributed by atoms with Crippen LogP contribution in [0.15, 0.2) is 12.1 Å². The van der Waals surface area contributed by atoms with Gasteiger partial charge in [0.05, 0.1) is 12.2 Å². The van der Waals surface area contributed by atoms with Gasteiger partial charge in [0.2, 0.25) is 0 Å². The fourth-order valence-corrected chi connectivity index (χ4v) is 3.21. The molecule has 15 heavy (non-hydrogen) atoms. The summed E-state index contributed by atoms with van der Waals surface area (Å²) in [6.07, 6.45) is 1.88. The summed E-state index contributed by atoms with van der Waals surface area (Å²) in [5.41, 5.74) is 0. The topological polar surface area (TPSA) is 29.5 Å². The van der Waals surface area contributed by atoms with E-state index in [2.05, 4.69) is 19.9 Å². The highest BCUT2D eigenvalue weighted by atomic mass is 32.1. The molecule has 0 radical (unpaired) electrons. The lowest BCUT2D eigenvalue weighted by Crippen LogP contribution is -2.21. The maximum atomic E-state index is 10.3. The zero-order valence-corrected chi connectivity index (χ0v) is 10.1.